The van der Waals surface area contributed by atoms with Crippen LogP contribution in [0.1, 0.15) is 41.0 Å². The lowest BCUT2D eigenvalue weighted by Crippen LogP contribution is -2.46. The van der Waals surface area contributed by atoms with Crippen LogP contribution < -0.4 is 5.32 Å². The van der Waals surface area contributed by atoms with Crippen molar-refractivity contribution in [3.8, 4) is 0 Å². The minimum atomic E-state index is 0.333. The van der Waals surface area contributed by atoms with E-state index in [0.29, 0.717) is 5.41 Å². The van der Waals surface area contributed by atoms with Crippen LogP contribution in [0.5, 0.6) is 0 Å². The van der Waals surface area contributed by atoms with Gasteiger partial charge >= 0.3 is 0 Å². The van der Waals surface area contributed by atoms with Crippen LogP contribution >= 0.6 is 0 Å². The first kappa shape index (κ1) is 16.9. The van der Waals surface area contributed by atoms with E-state index in [0.717, 1.165) is 44.7 Å². The minimum absolute atomic E-state index is 0.333. The number of ether oxygens (including phenoxy) is 1. The molecule has 0 bridgehead atoms. The van der Waals surface area contributed by atoms with E-state index in [9.17, 15) is 0 Å². The molecular weight excluding hydrogens is 236 g/mol. The van der Waals surface area contributed by atoms with Crippen LogP contribution in [0.2, 0.25) is 0 Å². The Hall–Kier alpha value is -0.120. The first-order chi connectivity index (χ1) is 8.97. The maximum absolute atomic E-state index is 5.70. The van der Waals surface area contributed by atoms with E-state index in [1.165, 1.54) is 19.5 Å². The predicted octanol–water partition coefficient (Wildman–Crippen LogP) is 2.62. The highest BCUT2D eigenvalue weighted by Crippen LogP contribution is 2.29. The summed E-state index contributed by atoms with van der Waals surface area (Å²) in [7, 11) is 0. The number of nitrogens with zero attached hydrogens (tertiary/aromatic N) is 1. The molecule has 0 aromatic carbocycles. The fourth-order valence-electron chi connectivity index (χ4n) is 2.89. The number of nitrogens with one attached hydrogen (secondary N) is 1. The Morgan fingerprint density at radius 1 is 1.21 bits per heavy atom. The molecule has 1 fully saturated rings. The van der Waals surface area contributed by atoms with Gasteiger partial charge in [-0.1, -0.05) is 34.6 Å². The molecule has 1 heterocycles. The van der Waals surface area contributed by atoms with Gasteiger partial charge in [0.25, 0.3) is 0 Å². The maximum Gasteiger partial charge on any atom is 0.0547 e. The van der Waals surface area contributed by atoms with Gasteiger partial charge in [0, 0.05) is 31.7 Å². The van der Waals surface area contributed by atoms with Crippen molar-refractivity contribution >= 4 is 0 Å². The van der Waals surface area contributed by atoms with Crippen LogP contribution in [0.15, 0.2) is 0 Å². The molecule has 114 valence electrons. The lowest BCUT2D eigenvalue weighted by molar-refractivity contribution is 0.104. The first-order valence-electron chi connectivity index (χ1n) is 7.98. The summed E-state index contributed by atoms with van der Waals surface area (Å²) in [6.07, 6.45) is 1.20. The van der Waals surface area contributed by atoms with Gasteiger partial charge in [-0.2, -0.15) is 0 Å². The average molecular weight is 270 g/mol. The van der Waals surface area contributed by atoms with Gasteiger partial charge in [-0.3, -0.25) is 0 Å². The van der Waals surface area contributed by atoms with Crippen LogP contribution in [0.3, 0.4) is 0 Å². The molecule has 1 aliphatic heterocycles. The third-order valence-electron chi connectivity index (χ3n) is 3.87. The summed E-state index contributed by atoms with van der Waals surface area (Å²) in [4.78, 5) is 2.59. The summed E-state index contributed by atoms with van der Waals surface area (Å²) in [5, 5.41) is 3.64. The molecule has 0 spiro atoms. The topological polar surface area (TPSA) is 24.5 Å². The fourth-order valence-corrected chi connectivity index (χ4v) is 2.89. The third kappa shape index (κ3) is 6.24. The van der Waals surface area contributed by atoms with E-state index in [4.69, 9.17) is 4.74 Å². The second-order valence-corrected chi connectivity index (χ2v) is 7.05. The van der Waals surface area contributed by atoms with Crippen molar-refractivity contribution in [2.45, 2.75) is 41.0 Å². The minimum Gasteiger partial charge on any atom is -0.381 e. The van der Waals surface area contributed by atoms with Crippen LogP contribution in [0.4, 0.5) is 0 Å². The lowest BCUT2D eigenvalue weighted by Gasteiger charge is -2.35. The molecule has 0 aliphatic carbocycles. The molecule has 1 atom stereocenters. The molecule has 0 radical (unpaired) electrons. The van der Waals surface area contributed by atoms with Crippen LogP contribution in [0.25, 0.3) is 0 Å². The highest BCUT2D eigenvalue weighted by atomic mass is 16.5. The molecule has 1 rings (SSSR count). The summed E-state index contributed by atoms with van der Waals surface area (Å²) < 4.78 is 5.70. The summed E-state index contributed by atoms with van der Waals surface area (Å²) in [5.74, 6) is 1.46. The van der Waals surface area contributed by atoms with Crippen LogP contribution in [0, 0.1) is 17.3 Å². The van der Waals surface area contributed by atoms with Gasteiger partial charge < -0.3 is 15.0 Å². The Balaban J connectivity index is 2.49. The summed E-state index contributed by atoms with van der Waals surface area (Å²) in [5.41, 5.74) is 0.333. The van der Waals surface area contributed by atoms with Gasteiger partial charge in [-0.25, -0.2) is 0 Å². The van der Waals surface area contributed by atoms with Gasteiger partial charge in [-0.15, -0.1) is 0 Å². The summed E-state index contributed by atoms with van der Waals surface area (Å²) in [6.45, 7) is 19.0. The van der Waals surface area contributed by atoms with Gasteiger partial charge in [0.2, 0.25) is 0 Å². The summed E-state index contributed by atoms with van der Waals surface area (Å²) >= 11 is 0. The molecule has 0 saturated carbocycles. The molecule has 1 saturated heterocycles. The standard InChI is InChI=1S/C16H34N2O/c1-6-18(10-15(4)5)12-16(7-8-19-13-16)11-17-9-14(2)3/h14-15,17H,6-13H2,1-5H3. The second kappa shape index (κ2) is 8.23. The molecule has 3 heteroatoms. The molecule has 1 unspecified atom stereocenters. The quantitative estimate of drug-likeness (QED) is 0.697. The zero-order valence-electron chi connectivity index (χ0n) is 13.7. The molecule has 0 aromatic heterocycles. The highest BCUT2D eigenvalue weighted by Gasteiger charge is 2.36. The SMILES string of the molecule is CCN(CC(C)C)CC1(CNCC(C)C)CCOC1. The number of hydrogen-bond donors (Lipinski definition) is 1. The first-order valence-corrected chi connectivity index (χ1v) is 7.98. The lowest BCUT2D eigenvalue weighted by atomic mass is 9.86. The Morgan fingerprint density at radius 2 is 1.95 bits per heavy atom. The van der Waals surface area contributed by atoms with Crippen molar-refractivity contribution in [3.63, 3.8) is 0 Å². The Bertz CT molecular complexity index is 235. The summed E-state index contributed by atoms with van der Waals surface area (Å²) in [6, 6.07) is 0. The smallest absolute Gasteiger partial charge is 0.0547 e. The van der Waals surface area contributed by atoms with E-state index in [-0.39, 0.29) is 0 Å². The van der Waals surface area contributed by atoms with Crippen molar-refractivity contribution in [1.29, 1.82) is 0 Å². The van der Waals surface area contributed by atoms with Crippen LogP contribution in [-0.2, 0) is 4.74 Å². The normalized spacial score (nSPS) is 24.0. The van der Waals surface area contributed by atoms with Crippen molar-refractivity contribution in [2.75, 3.05) is 45.9 Å². The highest BCUT2D eigenvalue weighted by molar-refractivity contribution is 4.88. The largest absolute Gasteiger partial charge is 0.381 e. The van der Waals surface area contributed by atoms with Gasteiger partial charge in [0.1, 0.15) is 0 Å². The molecule has 1 N–H and O–H groups in total. The third-order valence-corrected chi connectivity index (χ3v) is 3.87. The molecule has 19 heavy (non-hydrogen) atoms. The maximum atomic E-state index is 5.70. The van der Waals surface area contributed by atoms with Crippen molar-refractivity contribution < 1.29 is 4.74 Å². The molecule has 0 amide bonds. The molecule has 3 nitrogen and oxygen atoms in total. The average Bonchev–Trinajstić information content (AvgIpc) is 2.76. The van der Waals surface area contributed by atoms with E-state index in [2.05, 4.69) is 44.8 Å². The molecular formula is C16H34N2O. The van der Waals surface area contributed by atoms with Crippen molar-refractivity contribution in [1.82, 2.24) is 10.2 Å². The predicted molar refractivity (Wildman–Crippen MR) is 82.5 cm³/mol. The van der Waals surface area contributed by atoms with Gasteiger partial charge in [0.05, 0.1) is 6.61 Å². The number of hydrogen-bond acceptors (Lipinski definition) is 3. The molecule has 1 aliphatic rings. The monoisotopic (exact) mass is 270 g/mol. The van der Waals surface area contributed by atoms with E-state index in [1.54, 1.807) is 0 Å². The van der Waals surface area contributed by atoms with Crippen molar-refractivity contribution in [3.05, 3.63) is 0 Å². The second-order valence-electron chi connectivity index (χ2n) is 7.05. The van der Waals surface area contributed by atoms with E-state index in [1.807, 2.05) is 0 Å². The van der Waals surface area contributed by atoms with Crippen LogP contribution in [-0.4, -0.2) is 50.8 Å². The van der Waals surface area contributed by atoms with Gasteiger partial charge in [-0.05, 0) is 31.3 Å². The zero-order chi connectivity index (χ0) is 14.3. The van der Waals surface area contributed by atoms with E-state index >= 15 is 0 Å². The zero-order valence-corrected chi connectivity index (χ0v) is 13.7. The number of rotatable bonds is 9. The molecule has 0 aromatic rings. The fraction of sp³-hybridized carbons (Fsp3) is 1.00. The van der Waals surface area contributed by atoms with Gasteiger partial charge in [0.15, 0.2) is 0 Å². The van der Waals surface area contributed by atoms with Crippen molar-refractivity contribution in [2.24, 2.45) is 17.3 Å². The van der Waals surface area contributed by atoms with E-state index < -0.39 is 0 Å². The Kier molecular flexibility index (Phi) is 7.33. The Morgan fingerprint density at radius 3 is 2.42 bits per heavy atom. The Labute approximate surface area is 120 Å².